The van der Waals surface area contributed by atoms with Crippen LogP contribution in [0.4, 0.5) is 0 Å². The van der Waals surface area contributed by atoms with Crippen molar-refractivity contribution in [2.75, 3.05) is 5.75 Å². The molecule has 1 saturated heterocycles. The van der Waals surface area contributed by atoms with Crippen molar-refractivity contribution in [1.82, 2.24) is 15.5 Å². The van der Waals surface area contributed by atoms with Crippen molar-refractivity contribution in [2.45, 2.75) is 11.4 Å². The number of thioether (sulfide) groups is 1. The molecule has 2 aromatic rings. The molecule has 20 heavy (non-hydrogen) atoms. The average Bonchev–Trinajstić information content (AvgIpc) is 3.08. The minimum absolute atomic E-state index is 0.0690. The molecule has 3 N–H and O–H groups in total. The van der Waals surface area contributed by atoms with Gasteiger partial charge in [-0.2, -0.15) is 5.10 Å². The van der Waals surface area contributed by atoms with Crippen LogP contribution >= 0.6 is 23.4 Å². The zero-order valence-corrected chi connectivity index (χ0v) is 11.9. The Balaban J connectivity index is 1.87. The van der Waals surface area contributed by atoms with Gasteiger partial charge in [0.15, 0.2) is 0 Å². The maximum atomic E-state index is 11.0. The Morgan fingerprint density at radius 3 is 2.80 bits per heavy atom. The van der Waals surface area contributed by atoms with Crippen molar-refractivity contribution in [3.05, 3.63) is 41.0 Å². The second kappa shape index (κ2) is 5.47. The minimum Gasteiger partial charge on any atom is -0.480 e. The summed E-state index contributed by atoms with van der Waals surface area (Å²) in [6.45, 7) is 0. The van der Waals surface area contributed by atoms with Gasteiger partial charge in [-0.3, -0.25) is 15.2 Å². The molecule has 1 aromatic carbocycles. The van der Waals surface area contributed by atoms with Gasteiger partial charge in [-0.1, -0.05) is 23.7 Å². The summed E-state index contributed by atoms with van der Waals surface area (Å²) in [4.78, 5) is 11.0. The van der Waals surface area contributed by atoms with E-state index in [9.17, 15) is 4.79 Å². The summed E-state index contributed by atoms with van der Waals surface area (Å²) < 4.78 is 0. The van der Waals surface area contributed by atoms with E-state index in [-0.39, 0.29) is 5.37 Å². The van der Waals surface area contributed by atoms with Gasteiger partial charge < -0.3 is 5.11 Å². The van der Waals surface area contributed by atoms with E-state index in [2.05, 4.69) is 15.5 Å². The Labute approximate surface area is 124 Å². The van der Waals surface area contributed by atoms with Gasteiger partial charge in [0.25, 0.3) is 0 Å². The number of hydrogen-bond donors (Lipinski definition) is 3. The molecule has 2 heterocycles. The van der Waals surface area contributed by atoms with Gasteiger partial charge in [0.1, 0.15) is 6.04 Å². The summed E-state index contributed by atoms with van der Waals surface area (Å²) in [6, 6.07) is 6.94. The molecule has 7 heteroatoms. The van der Waals surface area contributed by atoms with Gasteiger partial charge in [0, 0.05) is 16.3 Å². The first-order valence-electron chi connectivity index (χ1n) is 6.05. The third-order valence-corrected chi connectivity index (χ3v) is 4.67. The molecule has 0 saturated carbocycles. The highest BCUT2D eigenvalue weighted by Crippen LogP contribution is 2.37. The van der Waals surface area contributed by atoms with Crippen LogP contribution in [-0.4, -0.2) is 33.1 Å². The highest BCUT2D eigenvalue weighted by molar-refractivity contribution is 7.99. The van der Waals surface area contributed by atoms with Crippen LogP contribution in [0.5, 0.6) is 0 Å². The molecule has 2 atom stereocenters. The lowest BCUT2D eigenvalue weighted by molar-refractivity contribution is -0.138. The van der Waals surface area contributed by atoms with Gasteiger partial charge in [-0.25, -0.2) is 0 Å². The Morgan fingerprint density at radius 1 is 1.40 bits per heavy atom. The second-order valence-corrected chi connectivity index (χ2v) is 6.05. The number of nitrogens with one attached hydrogen (secondary N) is 2. The van der Waals surface area contributed by atoms with Gasteiger partial charge in [-0.15, -0.1) is 11.8 Å². The fourth-order valence-corrected chi connectivity index (χ4v) is 3.50. The standard InChI is InChI=1S/C13H12ClN3O2S/c14-8-3-1-7(2-4-8)11-9(5-15-17-11)12-16-10(6-20-12)13(18)19/h1-5,10,12,16H,6H2,(H,15,17)(H,18,19). The lowest BCUT2D eigenvalue weighted by atomic mass is 10.1. The van der Waals surface area contributed by atoms with E-state index >= 15 is 0 Å². The predicted molar refractivity (Wildman–Crippen MR) is 78.8 cm³/mol. The number of carboxylic acid groups (broad SMARTS) is 1. The van der Waals surface area contributed by atoms with Crippen molar-refractivity contribution in [3.63, 3.8) is 0 Å². The highest BCUT2D eigenvalue weighted by atomic mass is 35.5. The molecule has 0 spiro atoms. The lowest BCUT2D eigenvalue weighted by Crippen LogP contribution is -2.33. The molecule has 2 unspecified atom stereocenters. The predicted octanol–water partition coefficient (Wildman–Crippen LogP) is 2.52. The normalized spacial score (nSPS) is 22.1. The van der Waals surface area contributed by atoms with Gasteiger partial charge in [-0.05, 0) is 17.7 Å². The Hall–Kier alpha value is -1.50. The molecule has 0 aliphatic carbocycles. The fraction of sp³-hybridized carbons (Fsp3) is 0.231. The SMILES string of the molecule is O=C(O)C1CSC(c2cn[nH]c2-c2ccc(Cl)cc2)N1. The number of carboxylic acids is 1. The van der Waals surface area contributed by atoms with Crippen molar-refractivity contribution in [2.24, 2.45) is 0 Å². The lowest BCUT2D eigenvalue weighted by Gasteiger charge is -2.11. The minimum atomic E-state index is -0.823. The third-order valence-electron chi connectivity index (χ3n) is 3.16. The van der Waals surface area contributed by atoms with Crippen molar-refractivity contribution in [3.8, 4) is 11.3 Å². The number of nitrogens with zero attached hydrogens (tertiary/aromatic N) is 1. The molecule has 0 bridgehead atoms. The molecule has 0 radical (unpaired) electrons. The number of halogens is 1. The topological polar surface area (TPSA) is 78.0 Å². The molecule has 1 aromatic heterocycles. The van der Waals surface area contributed by atoms with Crippen molar-refractivity contribution >= 4 is 29.3 Å². The summed E-state index contributed by atoms with van der Waals surface area (Å²) in [7, 11) is 0. The van der Waals surface area contributed by atoms with E-state index < -0.39 is 12.0 Å². The van der Waals surface area contributed by atoms with Crippen molar-refractivity contribution < 1.29 is 9.90 Å². The monoisotopic (exact) mass is 309 g/mol. The number of aromatic amines is 1. The Kier molecular flexibility index (Phi) is 3.69. The van der Waals surface area contributed by atoms with Gasteiger partial charge in [0.2, 0.25) is 0 Å². The van der Waals surface area contributed by atoms with Crippen LogP contribution in [-0.2, 0) is 4.79 Å². The number of rotatable bonds is 3. The summed E-state index contributed by atoms with van der Waals surface area (Å²) >= 11 is 7.46. The number of aromatic nitrogens is 2. The second-order valence-electron chi connectivity index (χ2n) is 4.48. The zero-order valence-electron chi connectivity index (χ0n) is 10.3. The number of carbonyl (C=O) groups is 1. The molecule has 1 aliphatic rings. The molecule has 104 valence electrons. The maximum absolute atomic E-state index is 11.0. The first-order chi connectivity index (χ1) is 9.65. The summed E-state index contributed by atoms with van der Waals surface area (Å²) in [6.07, 6.45) is 1.73. The molecule has 1 fully saturated rings. The van der Waals surface area contributed by atoms with Crippen LogP contribution in [0.3, 0.4) is 0 Å². The molecule has 5 nitrogen and oxygen atoms in total. The first kappa shape index (κ1) is 13.5. The third kappa shape index (κ3) is 2.54. The quantitative estimate of drug-likeness (QED) is 0.812. The first-order valence-corrected chi connectivity index (χ1v) is 7.47. The molecule has 1 aliphatic heterocycles. The summed E-state index contributed by atoms with van der Waals surface area (Å²) in [5, 5.41) is 19.8. The maximum Gasteiger partial charge on any atom is 0.321 e. The van der Waals surface area contributed by atoms with Crippen LogP contribution in [0.25, 0.3) is 11.3 Å². The number of hydrogen-bond acceptors (Lipinski definition) is 4. The van der Waals surface area contributed by atoms with E-state index in [0.717, 1.165) is 16.8 Å². The molecule has 3 rings (SSSR count). The van der Waals surface area contributed by atoms with E-state index in [0.29, 0.717) is 10.8 Å². The van der Waals surface area contributed by atoms with E-state index in [1.165, 1.54) is 0 Å². The number of benzene rings is 1. The summed E-state index contributed by atoms with van der Waals surface area (Å²) in [5.41, 5.74) is 2.82. The van der Waals surface area contributed by atoms with Crippen LogP contribution in [0, 0.1) is 0 Å². The molecular weight excluding hydrogens is 298 g/mol. The molecule has 0 amide bonds. The van der Waals surface area contributed by atoms with Crippen LogP contribution < -0.4 is 5.32 Å². The van der Waals surface area contributed by atoms with Gasteiger partial charge in [0.05, 0.1) is 17.3 Å². The van der Waals surface area contributed by atoms with Gasteiger partial charge >= 0.3 is 5.97 Å². The molecular formula is C13H12ClN3O2S. The number of aliphatic carboxylic acids is 1. The van der Waals surface area contributed by atoms with Crippen molar-refractivity contribution in [1.29, 1.82) is 0 Å². The van der Waals surface area contributed by atoms with E-state index in [4.69, 9.17) is 16.7 Å². The average molecular weight is 310 g/mol. The smallest absolute Gasteiger partial charge is 0.321 e. The van der Waals surface area contributed by atoms with Crippen LogP contribution in [0.15, 0.2) is 30.5 Å². The van der Waals surface area contributed by atoms with E-state index in [1.807, 2.05) is 24.3 Å². The zero-order chi connectivity index (χ0) is 14.1. The fourth-order valence-electron chi connectivity index (χ4n) is 2.14. The van der Waals surface area contributed by atoms with E-state index in [1.54, 1.807) is 18.0 Å². The highest BCUT2D eigenvalue weighted by Gasteiger charge is 2.32. The van der Waals surface area contributed by atoms with Crippen LogP contribution in [0.2, 0.25) is 5.02 Å². The Morgan fingerprint density at radius 2 is 2.15 bits per heavy atom. The van der Waals surface area contributed by atoms with Crippen LogP contribution in [0.1, 0.15) is 10.9 Å². The summed E-state index contributed by atoms with van der Waals surface area (Å²) in [5.74, 6) is -0.276. The Bertz CT molecular complexity index is 629. The largest absolute Gasteiger partial charge is 0.480 e. The number of H-pyrrole nitrogens is 1.